The zero-order chi connectivity index (χ0) is 12.8. The van der Waals surface area contributed by atoms with Crippen LogP contribution < -0.4 is 4.72 Å². The molecule has 1 saturated carbocycles. The quantitative estimate of drug-likeness (QED) is 0.547. The van der Waals surface area contributed by atoms with Crippen LogP contribution in [0.2, 0.25) is 0 Å². The molecule has 1 rings (SSSR count). The second kappa shape index (κ2) is 7.07. The molecule has 0 aliphatic heterocycles. The molecule has 1 aliphatic carbocycles. The summed E-state index contributed by atoms with van der Waals surface area (Å²) < 4.78 is 31.2. The Kier molecular flexibility index (Phi) is 6.40. The Labute approximate surface area is 113 Å². The van der Waals surface area contributed by atoms with Gasteiger partial charge in [-0.1, -0.05) is 28.8 Å². The van der Waals surface area contributed by atoms with Gasteiger partial charge in [-0.25, -0.2) is 13.1 Å². The van der Waals surface area contributed by atoms with Crippen LogP contribution in [0.4, 0.5) is 0 Å². The highest BCUT2D eigenvalue weighted by molar-refractivity contribution is 9.09. The second-order valence-electron chi connectivity index (χ2n) is 4.68. The number of nitrogens with one attached hydrogen (secondary N) is 1. The lowest BCUT2D eigenvalue weighted by molar-refractivity contribution is 0.163. The minimum atomic E-state index is -3.19. The van der Waals surface area contributed by atoms with Crippen molar-refractivity contribution in [2.24, 2.45) is 5.41 Å². The van der Waals surface area contributed by atoms with Gasteiger partial charge in [0, 0.05) is 18.5 Å². The molecule has 0 spiro atoms. The SMILES string of the molecule is CCOCCS(=O)(=O)NCC1(CBr)CCCC1. The number of alkyl halides is 1. The van der Waals surface area contributed by atoms with Crippen molar-refractivity contribution >= 4 is 26.0 Å². The number of hydrogen-bond acceptors (Lipinski definition) is 3. The van der Waals surface area contributed by atoms with Crippen molar-refractivity contribution in [3.8, 4) is 0 Å². The molecule has 0 heterocycles. The van der Waals surface area contributed by atoms with Crippen molar-refractivity contribution < 1.29 is 13.2 Å². The van der Waals surface area contributed by atoms with E-state index in [0.717, 1.165) is 18.2 Å². The van der Waals surface area contributed by atoms with Gasteiger partial charge < -0.3 is 4.74 Å². The molecular weight excluding hydrogens is 306 g/mol. The molecule has 17 heavy (non-hydrogen) atoms. The molecule has 0 aromatic rings. The molecule has 0 saturated heterocycles. The summed E-state index contributed by atoms with van der Waals surface area (Å²) >= 11 is 3.51. The molecule has 0 bridgehead atoms. The lowest BCUT2D eigenvalue weighted by atomic mass is 9.89. The first-order chi connectivity index (χ1) is 8.04. The smallest absolute Gasteiger partial charge is 0.213 e. The average molecular weight is 328 g/mol. The van der Waals surface area contributed by atoms with Gasteiger partial charge in [-0.15, -0.1) is 0 Å². The van der Waals surface area contributed by atoms with Crippen LogP contribution in [0.3, 0.4) is 0 Å². The van der Waals surface area contributed by atoms with Gasteiger partial charge in [0.05, 0.1) is 12.4 Å². The molecule has 0 radical (unpaired) electrons. The molecule has 0 aromatic heterocycles. The van der Waals surface area contributed by atoms with E-state index in [-0.39, 0.29) is 17.8 Å². The Bertz CT molecular complexity index is 313. The molecule has 0 aromatic carbocycles. The lowest BCUT2D eigenvalue weighted by Crippen LogP contribution is -2.38. The fourth-order valence-electron chi connectivity index (χ4n) is 2.13. The normalized spacial score (nSPS) is 19.6. The van der Waals surface area contributed by atoms with Crippen LogP contribution in [-0.2, 0) is 14.8 Å². The predicted octanol–water partition coefficient (Wildman–Crippen LogP) is 1.90. The standard InChI is InChI=1S/C11H22BrNO3S/c1-2-16-7-8-17(14,15)13-10-11(9-12)5-3-4-6-11/h13H,2-10H2,1H3. The number of halogens is 1. The Morgan fingerprint density at radius 3 is 2.53 bits per heavy atom. The van der Waals surface area contributed by atoms with Gasteiger partial charge in [0.15, 0.2) is 0 Å². The minimum absolute atomic E-state index is 0.0548. The van der Waals surface area contributed by atoms with Crippen LogP contribution >= 0.6 is 15.9 Å². The van der Waals surface area contributed by atoms with Crippen LogP contribution in [0.25, 0.3) is 0 Å². The average Bonchev–Trinajstić information content (AvgIpc) is 2.76. The summed E-state index contributed by atoms with van der Waals surface area (Å²) in [5.74, 6) is 0.0548. The van der Waals surface area contributed by atoms with Gasteiger partial charge in [0.2, 0.25) is 10.0 Å². The summed E-state index contributed by atoms with van der Waals surface area (Å²) in [7, 11) is -3.19. The third-order valence-electron chi connectivity index (χ3n) is 3.32. The van der Waals surface area contributed by atoms with Gasteiger partial charge in [-0.3, -0.25) is 0 Å². The lowest BCUT2D eigenvalue weighted by Gasteiger charge is -2.26. The van der Waals surface area contributed by atoms with Gasteiger partial charge >= 0.3 is 0 Å². The zero-order valence-corrected chi connectivity index (χ0v) is 12.8. The summed E-state index contributed by atoms with van der Waals surface area (Å²) in [6, 6.07) is 0. The maximum Gasteiger partial charge on any atom is 0.213 e. The fraction of sp³-hybridized carbons (Fsp3) is 1.00. The Balaban J connectivity index is 2.37. The summed E-state index contributed by atoms with van der Waals surface area (Å²) in [6.07, 6.45) is 4.61. The van der Waals surface area contributed by atoms with Crippen LogP contribution in [-0.4, -0.2) is 39.3 Å². The van der Waals surface area contributed by atoms with E-state index in [4.69, 9.17) is 4.74 Å². The van der Waals surface area contributed by atoms with E-state index in [1.165, 1.54) is 12.8 Å². The minimum Gasteiger partial charge on any atom is -0.381 e. The third kappa shape index (κ3) is 5.24. The van der Waals surface area contributed by atoms with Gasteiger partial charge in [0.25, 0.3) is 0 Å². The fourth-order valence-corrected chi connectivity index (χ4v) is 3.90. The topological polar surface area (TPSA) is 55.4 Å². The molecule has 0 atom stereocenters. The maximum atomic E-state index is 11.7. The number of sulfonamides is 1. The first-order valence-corrected chi connectivity index (χ1v) is 8.92. The van der Waals surface area contributed by atoms with Gasteiger partial charge in [-0.05, 0) is 25.2 Å². The van der Waals surface area contributed by atoms with E-state index < -0.39 is 10.0 Å². The van der Waals surface area contributed by atoms with Crippen molar-refractivity contribution in [1.29, 1.82) is 0 Å². The molecule has 0 unspecified atom stereocenters. The third-order valence-corrected chi connectivity index (χ3v) is 5.79. The highest BCUT2D eigenvalue weighted by Gasteiger charge is 2.33. The van der Waals surface area contributed by atoms with Crippen LogP contribution in [0.1, 0.15) is 32.6 Å². The molecular formula is C11H22BrNO3S. The highest BCUT2D eigenvalue weighted by atomic mass is 79.9. The number of rotatable bonds is 8. The highest BCUT2D eigenvalue weighted by Crippen LogP contribution is 2.39. The molecule has 102 valence electrons. The van der Waals surface area contributed by atoms with Crippen LogP contribution in [0.5, 0.6) is 0 Å². The van der Waals surface area contributed by atoms with E-state index in [2.05, 4.69) is 20.7 Å². The van der Waals surface area contributed by atoms with E-state index in [9.17, 15) is 8.42 Å². The van der Waals surface area contributed by atoms with E-state index >= 15 is 0 Å². The van der Waals surface area contributed by atoms with Crippen molar-refractivity contribution in [3.63, 3.8) is 0 Å². The van der Waals surface area contributed by atoms with E-state index in [1.54, 1.807) is 0 Å². The molecule has 0 amide bonds. The molecule has 1 N–H and O–H groups in total. The molecule has 4 nitrogen and oxygen atoms in total. The summed E-state index contributed by atoms with van der Waals surface area (Å²) in [4.78, 5) is 0. The van der Waals surface area contributed by atoms with E-state index in [1.807, 2.05) is 6.92 Å². The first-order valence-electron chi connectivity index (χ1n) is 6.15. The van der Waals surface area contributed by atoms with Crippen molar-refractivity contribution in [2.75, 3.05) is 30.8 Å². The maximum absolute atomic E-state index is 11.7. The second-order valence-corrected chi connectivity index (χ2v) is 7.16. The molecule has 1 fully saturated rings. The number of ether oxygens (including phenoxy) is 1. The van der Waals surface area contributed by atoms with Crippen molar-refractivity contribution in [1.82, 2.24) is 4.72 Å². The first kappa shape index (κ1) is 15.4. The van der Waals surface area contributed by atoms with E-state index in [0.29, 0.717) is 13.2 Å². The Morgan fingerprint density at radius 1 is 1.35 bits per heavy atom. The van der Waals surface area contributed by atoms with Gasteiger partial charge in [0.1, 0.15) is 0 Å². The summed E-state index contributed by atoms with van der Waals surface area (Å²) in [5, 5.41) is 0.869. The predicted molar refractivity (Wildman–Crippen MR) is 73.0 cm³/mol. The van der Waals surface area contributed by atoms with Crippen molar-refractivity contribution in [2.45, 2.75) is 32.6 Å². The van der Waals surface area contributed by atoms with Crippen LogP contribution in [0.15, 0.2) is 0 Å². The Morgan fingerprint density at radius 2 is 2.00 bits per heavy atom. The molecule has 1 aliphatic rings. The zero-order valence-electron chi connectivity index (χ0n) is 10.4. The van der Waals surface area contributed by atoms with Gasteiger partial charge in [-0.2, -0.15) is 0 Å². The van der Waals surface area contributed by atoms with Crippen LogP contribution in [0, 0.1) is 5.41 Å². The number of hydrogen-bond donors (Lipinski definition) is 1. The Hall–Kier alpha value is 0.350. The largest absolute Gasteiger partial charge is 0.381 e. The summed E-state index contributed by atoms with van der Waals surface area (Å²) in [5.41, 5.74) is 0.124. The van der Waals surface area contributed by atoms with Crippen molar-refractivity contribution in [3.05, 3.63) is 0 Å². The molecule has 6 heteroatoms. The monoisotopic (exact) mass is 327 g/mol. The summed E-state index contributed by atoms with van der Waals surface area (Å²) in [6.45, 7) is 3.24.